The molecule has 0 aliphatic carbocycles. The molecule has 2 atom stereocenters. The van der Waals surface area contributed by atoms with Crippen molar-refractivity contribution < 1.29 is 10.2 Å². The molecule has 0 amide bonds. The van der Waals surface area contributed by atoms with Gasteiger partial charge in [-0.3, -0.25) is 4.90 Å². The number of benzene rings is 2. The zero-order chi connectivity index (χ0) is 15.5. The van der Waals surface area contributed by atoms with Crippen LogP contribution in [0, 0.1) is 5.92 Å². The maximum Gasteiger partial charge on any atom is 0.119 e. The first-order chi connectivity index (χ1) is 10.7. The Morgan fingerprint density at radius 2 is 1.86 bits per heavy atom. The number of rotatable bonds is 4. The Labute approximate surface area is 135 Å². The summed E-state index contributed by atoms with van der Waals surface area (Å²) in [7, 11) is 0. The number of phenols is 1. The van der Waals surface area contributed by atoms with Crippen LogP contribution >= 0.6 is 11.6 Å². The molecule has 4 heteroatoms. The van der Waals surface area contributed by atoms with Crippen LogP contribution < -0.4 is 0 Å². The highest BCUT2D eigenvalue weighted by Gasteiger charge is 2.34. The Morgan fingerprint density at radius 1 is 1.09 bits per heavy atom. The summed E-state index contributed by atoms with van der Waals surface area (Å²) in [4.78, 5) is 2.32. The van der Waals surface area contributed by atoms with Gasteiger partial charge in [0.25, 0.3) is 0 Å². The van der Waals surface area contributed by atoms with Crippen LogP contribution in [0.4, 0.5) is 0 Å². The first kappa shape index (κ1) is 15.3. The molecule has 0 radical (unpaired) electrons. The molecule has 0 saturated carbocycles. The number of halogens is 1. The van der Waals surface area contributed by atoms with Gasteiger partial charge in [-0.1, -0.05) is 41.9 Å². The highest BCUT2D eigenvalue weighted by molar-refractivity contribution is 6.30. The van der Waals surface area contributed by atoms with Gasteiger partial charge >= 0.3 is 0 Å². The number of hydrogen-bond acceptors (Lipinski definition) is 3. The number of likely N-dealkylation sites (tertiary alicyclic amines) is 1. The molecule has 1 saturated heterocycles. The smallest absolute Gasteiger partial charge is 0.119 e. The Balaban J connectivity index is 1.79. The van der Waals surface area contributed by atoms with Gasteiger partial charge in [-0.15, -0.1) is 0 Å². The van der Waals surface area contributed by atoms with Crippen LogP contribution in [-0.4, -0.2) is 34.8 Å². The van der Waals surface area contributed by atoms with E-state index in [1.54, 1.807) is 12.1 Å². The Bertz CT molecular complexity index is 632. The van der Waals surface area contributed by atoms with Gasteiger partial charge in [0.2, 0.25) is 0 Å². The Kier molecular flexibility index (Phi) is 4.67. The lowest BCUT2D eigenvalue weighted by molar-refractivity contribution is 0.213. The molecule has 2 aromatic rings. The number of aromatic hydroxyl groups is 1. The first-order valence-corrected chi connectivity index (χ1v) is 7.90. The maximum atomic E-state index is 10.1. The number of aliphatic hydroxyl groups excluding tert-OH is 1. The van der Waals surface area contributed by atoms with E-state index in [1.165, 1.54) is 5.56 Å². The standard InChI is InChI=1S/C18H20ClNO2/c19-15-6-7-18(22)16(8-15)17-11-20(10-14(17)12-21)9-13-4-2-1-3-5-13/h1-8,14,17,21-22H,9-12H2/t14-,17-/m1/s1. The van der Waals surface area contributed by atoms with E-state index in [0.717, 1.165) is 25.2 Å². The predicted octanol–water partition coefficient (Wildman–Crippen LogP) is 3.25. The fraction of sp³-hybridized carbons (Fsp3) is 0.333. The van der Waals surface area contributed by atoms with Gasteiger partial charge in [-0.2, -0.15) is 0 Å². The van der Waals surface area contributed by atoms with E-state index < -0.39 is 0 Å². The molecule has 3 rings (SSSR count). The molecule has 2 N–H and O–H groups in total. The normalized spacial score (nSPS) is 22.1. The molecule has 116 valence electrons. The second-order valence-corrected chi connectivity index (χ2v) is 6.37. The van der Waals surface area contributed by atoms with Crippen molar-refractivity contribution in [1.29, 1.82) is 0 Å². The van der Waals surface area contributed by atoms with Crippen LogP contribution in [0.15, 0.2) is 48.5 Å². The minimum atomic E-state index is 0.104. The van der Waals surface area contributed by atoms with E-state index in [1.807, 2.05) is 24.3 Å². The van der Waals surface area contributed by atoms with Crippen molar-refractivity contribution in [2.24, 2.45) is 5.92 Å². The van der Waals surface area contributed by atoms with E-state index in [9.17, 15) is 10.2 Å². The highest BCUT2D eigenvalue weighted by Crippen LogP contribution is 2.38. The number of hydrogen-bond donors (Lipinski definition) is 2. The molecule has 0 unspecified atom stereocenters. The van der Waals surface area contributed by atoms with Gasteiger partial charge in [-0.25, -0.2) is 0 Å². The van der Waals surface area contributed by atoms with Crippen molar-refractivity contribution in [3.63, 3.8) is 0 Å². The van der Waals surface area contributed by atoms with Crippen LogP contribution in [-0.2, 0) is 6.54 Å². The Hall–Kier alpha value is -1.55. The van der Waals surface area contributed by atoms with Crippen LogP contribution in [0.3, 0.4) is 0 Å². The lowest BCUT2D eigenvalue weighted by atomic mass is 9.89. The fourth-order valence-corrected chi connectivity index (χ4v) is 3.47. The second kappa shape index (κ2) is 6.69. The summed E-state index contributed by atoms with van der Waals surface area (Å²) in [6.45, 7) is 2.60. The van der Waals surface area contributed by atoms with E-state index in [-0.39, 0.29) is 24.2 Å². The average Bonchev–Trinajstić information content (AvgIpc) is 2.93. The van der Waals surface area contributed by atoms with Gasteiger partial charge < -0.3 is 10.2 Å². The van der Waals surface area contributed by atoms with Crippen molar-refractivity contribution in [3.8, 4) is 5.75 Å². The fourth-order valence-electron chi connectivity index (χ4n) is 3.29. The third-order valence-electron chi connectivity index (χ3n) is 4.39. The number of phenolic OH excluding ortho intramolecular Hbond substituents is 1. The van der Waals surface area contributed by atoms with E-state index in [0.29, 0.717) is 5.02 Å². The summed E-state index contributed by atoms with van der Waals surface area (Å²) < 4.78 is 0. The molecule has 1 fully saturated rings. The second-order valence-electron chi connectivity index (χ2n) is 5.93. The van der Waals surface area contributed by atoms with E-state index in [4.69, 9.17) is 11.6 Å². The van der Waals surface area contributed by atoms with Crippen LogP contribution in [0.2, 0.25) is 5.02 Å². The SMILES string of the molecule is OC[C@H]1CN(Cc2ccccc2)C[C@H]1c1cc(Cl)ccc1O. The van der Waals surface area contributed by atoms with Gasteiger partial charge in [-0.05, 0) is 23.8 Å². The predicted molar refractivity (Wildman–Crippen MR) is 88.2 cm³/mol. The maximum absolute atomic E-state index is 10.1. The molecule has 22 heavy (non-hydrogen) atoms. The molecule has 1 heterocycles. The highest BCUT2D eigenvalue weighted by atomic mass is 35.5. The van der Waals surface area contributed by atoms with Crippen molar-refractivity contribution in [2.45, 2.75) is 12.5 Å². The molecule has 0 aromatic heterocycles. The third-order valence-corrected chi connectivity index (χ3v) is 4.62. The van der Waals surface area contributed by atoms with E-state index in [2.05, 4.69) is 17.0 Å². The molecule has 3 nitrogen and oxygen atoms in total. The topological polar surface area (TPSA) is 43.7 Å². The molecule has 1 aliphatic rings. The third kappa shape index (κ3) is 3.27. The van der Waals surface area contributed by atoms with Gasteiger partial charge in [0.15, 0.2) is 0 Å². The van der Waals surface area contributed by atoms with Gasteiger partial charge in [0.05, 0.1) is 0 Å². The summed E-state index contributed by atoms with van der Waals surface area (Å²) in [5.41, 5.74) is 2.09. The summed E-state index contributed by atoms with van der Waals surface area (Å²) in [6.07, 6.45) is 0. The van der Waals surface area contributed by atoms with Crippen molar-refractivity contribution in [3.05, 3.63) is 64.7 Å². The minimum Gasteiger partial charge on any atom is -0.508 e. The van der Waals surface area contributed by atoms with Crippen LogP contribution in [0.1, 0.15) is 17.0 Å². The minimum absolute atomic E-state index is 0.104. The molecule has 0 spiro atoms. The largest absolute Gasteiger partial charge is 0.508 e. The lowest BCUT2D eigenvalue weighted by Gasteiger charge is -2.18. The molecule has 2 aromatic carbocycles. The van der Waals surface area contributed by atoms with E-state index >= 15 is 0 Å². The molecule has 1 aliphatic heterocycles. The number of nitrogens with zero attached hydrogens (tertiary/aromatic N) is 1. The first-order valence-electron chi connectivity index (χ1n) is 7.53. The zero-order valence-electron chi connectivity index (χ0n) is 12.3. The van der Waals surface area contributed by atoms with Crippen molar-refractivity contribution >= 4 is 11.6 Å². The lowest BCUT2D eigenvalue weighted by Crippen LogP contribution is -2.20. The van der Waals surface area contributed by atoms with Gasteiger partial charge in [0, 0.05) is 48.7 Å². The van der Waals surface area contributed by atoms with Crippen molar-refractivity contribution in [1.82, 2.24) is 4.90 Å². The molecular weight excluding hydrogens is 298 g/mol. The summed E-state index contributed by atoms with van der Waals surface area (Å²) in [6, 6.07) is 15.4. The quantitative estimate of drug-likeness (QED) is 0.909. The number of aliphatic hydroxyl groups is 1. The van der Waals surface area contributed by atoms with Gasteiger partial charge in [0.1, 0.15) is 5.75 Å². The average molecular weight is 318 g/mol. The summed E-state index contributed by atoms with van der Waals surface area (Å²) in [5.74, 6) is 0.481. The van der Waals surface area contributed by atoms with Crippen LogP contribution in [0.25, 0.3) is 0 Å². The Morgan fingerprint density at radius 3 is 2.59 bits per heavy atom. The summed E-state index contributed by atoms with van der Waals surface area (Å²) >= 11 is 6.07. The zero-order valence-corrected chi connectivity index (χ0v) is 13.1. The summed E-state index contributed by atoms with van der Waals surface area (Å²) in [5, 5.41) is 20.4. The molecule has 0 bridgehead atoms. The monoisotopic (exact) mass is 317 g/mol. The molecular formula is C18H20ClNO2. The van der Waals surface area contributed by atoms with Crippen LogP contribution in [0.5, 0.6) is 5.75 Å². The van der Waals surface area contributed by atoms with Crippen molar-refractivity contribution in [2.75, 3.05) is 19.7 Å².